The molecule has 2 rings (SSSR count). The Hall–Kier alpha value is -0.920. The molecule has 0 bridgehead atoms. The Kier molecular flexibility index (Phi) is 6.00. The number of halogens is 2. The van der Waals surface area contributed by atoms with E-state index >= 15 is 0 Å². The van der Waals surface area contributed by atoms with Crippen LogP contribution in [0.2, 0.25) is 10.0 Å². The second-order valence-electron chi connectivity index (χ2n) is 3.84. The molecule has 108 valence electrons. The molecule has 0 unspecified atom stereocenters. The third kappa shape index (κ3) is 4.88. The first-order chi connectivity index (χ1) is 9.67. The van der Waals surface area contributed by atoms with Crippen molar-refractivity contribution in [1.29, 1.82) is 0 Å². The lowest BCUT2D eigenvalue weighted by molar-refractivity contribution is 0.199. The molecule has 1 aromatic heterocycles. The largest absolute Gasteiger partial charge is 0.430 e. The first-order valence-electron chi connectivity index (χ1n) is 5.83. The molecule has 8 heteroatoms. The van der Waals surface area contributed by atoms with Crippen molar-refractivity contribution in [3.05, 3.63) is 33.3 Å². The lowest BCUT2D eigenvalue weighted by Crippen LogP contribution is -2.18. The first kappa shape index (κ1) is 15.5. The van der Waals surface area contributed by atoms with Gasteiger partial charge in [0.05, 0.1) is 6.61 Å². The minimum Gasteiger partial charge on any atom is -0.430 e. The molecular weight excluding hydrogens is 321 g/mol. The van der Waals surface area contributed by atoms with Crippen molar-refractivity contribution in [3.8, 4) is 10.9 Å². The molecule has 1 N–H and O–H groups in total. The summed E-state index contributed by atoms with van der Waals surface area (Å²) in [7, 11) is 1.66. The summed E-state index contributed by atoms with van der Waals surface area (Å²) in [5, 5.41) is 13.5. The van der Waals surface area contributed by atoms with Crippen LogP contribution in [0.3, 0.4) is 0 Å². The predicted molar refractivity (Wildman–Crippen MR) is 80.0 cm³/mol. The Morgan fingerprint density at radius 2 is 1.95 bits per heavy atom. The highest BCUT2D eigenvalue weighted by molar-refractivity contribution is 7.13. The van der Waals surface area contributed by atoms with Crippen LogP contribution in [0.4, 0.5) is 0 Å². The number of nitrogens with one attached hydrogen (secondary N) is 1. The third-order valence-electron chi connectivity index (χ3n) is 2.25. The van der Waals surface area contributed by atoms with Gasteiger partial charge in [-0.2, -0.15) is 0 Å². The van der Waals surface area contributed by atoms with Gasteiger partial charge in [0.2, 0.25) is 0 Å². The molecule has 0 atom stereocenters. The summed E-state index contributed by atoms with van der Waals surface area (Å²) in [6.45, 7) is 2.04. The Morgan fingerprint density at radius 3 is 2.65 bits per heavy atom. The summed E-state index contributed by atoms with van der Waals surface area (Å²) in [6, 6.07) is 4.98. The van der Waals surface area contributed by atoms with E-state index < -0.39 is 0 Å². The molecule has 0 saturated carbocycles. The van der Waals surface area contributed by atoms with Crippen molar-refractivity contribution in [2.24, 2.45) is 0 Å². The van der Waals surface area contributed by atoms with Crippen LogP contribution in [0.1, 0.15) is 5.01 Å². The SMILES string of the molecule is COCCNCc1nnc(Oc2cc(Cl)cc(Cl)c2)s1. The van der Waals surface area contributed by atoms with Crippen molar-refractivity contribution < 1.29 is 9.47 Å². The van der Waals surface area contributed by atoms with Gasteiger partial charge in [0, 0.05) is 30.2 Å². The summed E-state index contributed by atoms with van der Waals surface area (Å²) < 4.78 is 10.5. The summed E-state index contributed by atoms with van der Waals surface area (Å²) in [6.07, 6.45) is 0. The van der Waals surface area contributed by atoms with E-state index in [1.807, 2.05) is 0 Å². The second kappa shape index (κ2) is 7.75. The van der Waals surface area contributed by atoms with Crippen molar-refractivity contribution in [3.63, 3.8) is 0 Å². The standard InChI is InChI=1S/C12H13Cl2N3O2S/c1-18-3-2-15-7-11-16-17-12(20-11)19-10-5-8(13)4-9(14)6-10/h4-6,15H,2-3,7H2,1H3. The number of rotatable bonds is 7. The molecule has 0 amide bonds. The van der Waals surface area contributed by atoms with E-state index in [0.29, 0.717) is 34.1 Å². The maximum atomic E-state index is 5.90. The van der Waals surface area contributed by atoms with Crippen molar-refractivity contribution in [2.45, 2.75) is 6.54 Å². The summed E-state index contributed by atoms with van der Waals surface area (Å²) >= 11 is 13.2. The Bertz CT molecular complexity index is 545. The molecule has 20 heavy (non-hydrogen) atoms. The van der Waals surface area contributed by atoms with Gasteiger partial charge in [-0.05, 0) is 18.2 Å². The van der Waals surface area contributed by atoms with Crippen LogP contribution in [0.5, 0.6) is 10.9 Å². The zero-order chi connectivity index (χ0) is 14.4. The van der Waals surface area contributed by atoms with Crippen LogP contribution < -0.4 is 10.1 Å². The van der Waals surface area contributed by atoms with Crippen molar-refractivity contribution in [1.82, 2.24) is 15.5 Å². The number of hydrogen-bond donors (Lipinski definition) is 1. The van der Waals surface area contributed by atoms with E-state index in [1.165, 1.54) is 11.3 Å². The van der Waals surface area contributed by atoms with Gasteiger partial charge >= 0.3 is 0 Å². The number of nitrogens with zero attached hydrogens (tertiary/aromatic N) is 2. The zero-order valence-electron chi connectivity index (χ0n) is 10.7. The lowest BCUT2D eigenvalue weighted by atomic mass is 10.3. The van der Waals surface area contributed by atoms with Gasteiger partial charge in [-0.15, -0.1) is 5.10 Å². The average Bonchev–Trinajstić information content (AvgIpc) is 2.81. The topological polar surface area (TPSA) is 56.3 Å². The quantitative estimate of drug-likeness (QED) is 0.787. The fourth-order valence-corrected chi connectivity index (χ4v) is 2.59. The fourth-order valence-electron chi connectivity index (χ4n) is 1.41. The molecule has 2 aromatic rings. The van der Waals surface area contributed by atoms with Crippen LogP contribution in [-0.2, 0) is 11.3 Å². The van der Waals surface area contributed by atoms with Gasteiger partial charge in [0.15, 0.2) is 0 Å². The maximum Gasteiger partial charge on any atom is 0.299 e. The summed E-state index contributed by atoms with van der Waals surface area (Å²) in [5.41, 5.74) is 0. The number of methoxy groups -OCH3 is 1. The normalized spacial score (nSPS) is 10.8. The van der Waals surface area contributed by atoms with Crippen LogP contribution in [0, 0.1) is 0 Å². The molecule has 0 saturated heterocycles. The number of hydrogen-bond acceptors (Lipinski definition) is 6. The summed E-state index contributed by atoms with van der Waals surface area (Å²) in [4.78, 5) is 0. The molecule has 0 spiro atoms. The number of benzene rings is 1. The van der Waals surface area contributed by atoms with Gasteiger partial charge in [-0.25, -0.2) is 0 Å². The second-order valence-corrected chi connectivity index (χ2v) is 5.74. The molecule has 1 heterocycles. The highest BCUT2D eigenvalue weighted by Gasteiger charge is 2.07. The van der Waals surface area contributed by atoms with Gasteiger partial charge in [0.25, 0.3) is 5.19 Å². The predicted octanol–water partition coefficient (Wildman–Crippen LogP) is 3.37. The van der Waals surface area contributed by atoms with Gasteiger partial charge in [0.1, 0.15) is 10.8 Å². The van der Waals surface area contributed by atoms with E-state index in [-0.39, 0.29) is 0 Å². The van der Waals surface area contributed by atoms with Gasteiger partial charge in [-0.3, -0.25) is 0 Å². The van der Waals surface area contributed by atoms with Gasteiger partial charge < -0.3 is 14.8 Å². The van der Waals surface area contributed by atoms with Gasteiger partial charge in [-0.1, -0.05) is 39.6 Å². The van der Waals surface area contributed by atoms with E-state index in [0.717, 1.165) is 11.6 Å². The molecule has 0 aliphatic heterocycles. The smallest absolute Gasteiger partial charge is 0.299 e. The number of ether oxygens (including phenoxy) is 2. The molecule has 5 nitrogen and oxygen atoms in total. The van der Waals surface area contributed by atoms with E-state index in [9.17, 15) is 0 Å². The molecular formula is C12H13Cl2N3O2S. The maximum absolute atomic E-state index is 5.90. The molecule has 0 fully saturated rings. The zero-order valence-corrected chi connectivity index (χ0v) is 13.1. The Morgan fingerprint density at radius 1 is 1.20 bits per heavy atom. The van der Waals surface area contributed by atoms with Crippen LogP contribution in [-0.4, -0.2) is 30.5 Å². The Labute approximate surface area is 130 Å². The number of aromatic nitrogens is 2. The summed E-state index contributed by atoms with van der Waals surface area (Å²) in [5.74, 6) is 0.539. The molecule has 0 aliphatic carbocycles. The Balaban J connectivity index is 1.92. The van der Waals surface area contributed by atoms with Crippen LogP contribution in [0.15, 0.2) is 18.2 Å². The van der Waals surface area contributed by atoms with Crippen molar-refractivity contribution in [2.75, 3.05) is 20.3 Å². The van der Waals surface area contributed by atoms with E-state index in [2.05, 4.69) is 15.5 Å². The third-order valence-corrected chi connectivity index (χ3v) is 3.49. The van der Waals surface area contributed by atoms with E-state index in [1.54, 1.807) is 25.3 Å². The highest BCUT2D eigenvalue weighted by atomic mass is 35.5. The first-order valence-corrected chi connectivity index (χ1v) is 7.40. The lowest BCUT2D eigenvalue weighted by Gasteiger charge is -2.02. The fraction of sp³-hybridized carbons (Fsp3) is 0.333. The average molecular weight is 334 g/mol. The van der Waals surface area contributed by atoms with Crippen molar-refractivity contribution >= 4 is 34.5 Å². The minimum absolute atomic E-state index is 0.451. The molecule has 1 aromatic carbocycles. The molecule has 0 radical (unpaired) electrons. The minimum atomic E-state index is 0.451. The monoisotopic (exact) mass is 333 g/mol. The molecule has 0 aliphatic rings. The van der Waals surface area contributed by atoms with Crippen LogP contribution >= 0.6 is 34.5 Å². The highest BCUT2D eigenvalue weighted by Crippen LogP contribution is 2.29. The van der Waals surface area contributed by atoms with E-state index in [4.69, 9.17) is 32.7 Å². The van der Waals surface area contributed by atoms with Crippen LogP contribution in [0.25, 0.3) is 0 Å².